The summed E-state index contributed by atoms with van der Waals surface area (Å²) in [7, 11) is 3.46. The minimum Gasteiger partial charge on any atom is -0.493 e. The Morgan fingerprint density at radius 1 is 1.10 bits per heavy atom. The van der Waals surface area contributed by atoms with Crippen LogP contribution in [0.5, 0.6) is 11.5 Å². The molecule has 0 fully saturated rings. The Morgan fingerprint density at radius 3 is 2.48 bits per heavy atom. The lowest BCUT2D eigenvalue weighted by Crippen LogP contribution is -2.36. The van der Waals surface area contributed by atoms with Gasteiger partial charge in [-0.3, -0.25) is 4.99 Å². The third-order valence-corrected chi connectivity index (χ3v) is 5.88. The number of rotatable bonds is 11. The van der Waals surface area contributed by atoms with E-state index in [2.05, 4.69) is 58.8 Å². The van der Waals surface area contributed by atoms with Crippen molar-refractivity contribution in [2.75, 3.05) is 40.4 Å². The van der Waals surface area contributed by atoms with Crippen LogP contribution < -0.4 is 20.1 Å². The normalized spacial score (nSPS) is 11.6. The third kappa shape index (κ3) is 7.25. The molecule has 0 aliphatic rings. The second-order valence-electron chi connectivity index (χ2n) is 6.67. The molecule has 1 heterocycles. The molecule has 0 saturated heterocycles. The molecule has 0 amide bonds. The number of nitrogens with zero attached hydrogens (tertiary/aromatic N) is 2. The van der Waals surface area contributed by atoms with Crippen LogP contribution in [0.15, 0.2) is 34.6 Å². The minimum absolute atomic E-state index is 0.647. The first-order valence-corrected chi connectivity index (χ1v) is 11.0. The van der Waals surface area contributed by atoms with Gasteiger partial charge in [-0.15, -0.1) is 11.3 Å². The number of guanidine groups is 1. The van der Waals surface area contributed by atoms with E-state index in [1.165, 1.54) is 10.4 Å². The Bertz CT molecular complexity index is 772. The first-order valence-electron chi connectivity index (χ1n) is 10.1. The van der Waals surface area contributed by atoms with Gasteiger partial charge in [0.2, 0.25) is 0 Å². The maximum absolute atomic E-state index is 5.93. The molecule has 0 aliphatic heterocycles. The van der Waals surface area contributed by atoms with Gasteiger partial charge in [-0.25, -0.2) is 0 Å². The number of aliphatic imine (C=N–C) groups is 1. The molecule has 160 valence electrons. The predicted octanol–water partition coefficient (Wildman–Crippen LogP) is 3.65. The second kappa shape index (κ2) is 12.3. The lowest BCUT2D eigenvalue weighted by molar-refractivity contribution is 0.217. The first kappa shape index (κ1) is 23.0. The van der Waals surface area contributed by atoms with Gasteiger partial charge in [0.25, 0.3) is 0 Å². The molecular weight excluding hydrogens is 384 g/mol. The van der Waals surface area contributed by atoms with E-state index in [0.29, 0.717) is 13.2 Å². The van der Waals surface area contributed by atoms with Crippen molar-refractivity contribution in [2.45, 2.75) is 33.9 Å². The van der Waals surface area contributed by atoms with Crippen LogP contribution in [0.25, 0.3) is 0 Å². The molecule has 1 aromatic carbocycles. The molecule has 0 atom stereocenters. The Hall–Kier alpha value is -2.25. The lowest BCUT2D eigenvalue weighted by Gasteiger charge is -2.19. The maximum Gasteiger partial charge on any atom is 0.191 e. The molecule has 6 nitrogen and oxygen atoms in total. The van der Waals surface area contributed by atoms with E-state index >= 15 is 0 Å². The molecule has 29 heavy (non-hydrogen) atoms. The van der Waals surface area contributed by atoms with Gasteiger partial charge in [-0.2, -0.15) is 0 Å². The second-order valence-corrected chi connectivity index (χ2v) is 7.67. The monoisotopic (exact) mass is 418 g/mol. The summed E-state index contributed by atoms with van der Waals surface area (Å²) in [5.41, 5.74) is 2.41. The van der Waals surface area contributed by atoms with Gasteiger partial charge in [0.1, 0.15) is 6.61 Å². The fourth-order valence-corrected chi connectivity index (χ4v) is 3.77. The summed E-state index contributed by atoms with van der Waals surface area (Å²) in [4.78, 5) is 7.96. The van der Waals surface area contributed by atoms with Crippen LogP contribution in [0.2, 0.25) is 0 Å². The number of benzene rings is 1. The molecule has 1 aromatic heterocycles. The molecule has 2 N–H and O–H groups in total. The molecule has 0 unspecified atom stereocenters. The number of methoxy groups -OCH3 is 1. The molecular formula is C22H34N4O2S. The standard InChI is InChI=1S/C22H34N4O2S/c1-6-26(7-2)11-12-28-19-9-8-18(14-20(19)27-5)15-24-22(23-4)25-16-21-17(3)10-13-29-21/h8-10,13-14H,6-7,11-12,15-16H2,1-5H3,(H2,23,24,25). The van der Waals surface area contributed by atoms with E-state index in [1.807, 2.05) is 12.1 Å². The fourth-order valence-electron chi connectivity index (χ4n) is 2.92. The van der Waals surface area contributed by atoms with E-state index in [-0.39, 0.29) is 0 Å². The lowest BCUT2D eigenvalue weighted by atomic mass is 10.2. The molecule has 0 saturated carbocycles. The summed E-state index contributed by atoms with van der Waals surface area (Å²) in [5, 5.41) is 8.82. The van der Waals surface area contributed by atoms with Crippen LogP contribution >= 0.6 is 11.3 Å². The molecule has 2 rings (SSSR count). The number of hydrogen-bond donors (Lipinski definition) is 2. The van der Waals surface area contributed by atoms with E-state index in [4.69, 9.17) is 9.47 Å². The highest BCUT2D eigenvalue weighted by Crippen LogP contribution is 2.28. The van der Waals surface area contributed by atoms with Gasteiger partial charge < -0.3 is 25.0 Å². The quantitative estimate of drug-likeness (QED) is 0.431. The van der Waals surface area contributed by atoms with E-state index in [1.54, 1.807) is 25.5 Å². The van der Waals surface area contributed by atoms with Crippen molar-refractivity contribution in [1.82, 2.24) is 15.5 Å². The van der Waals surface area contributed by atoms with Crippen LogP contribution in [0.4, 0.5) is 0 Å². The van der Waals surface area contributed by atoms with Crippen molar-refractivity contribution in [3.8, 4) is 11.5 Å². The molecule has 0 spiro atoms. The number of hydrogen-bond acceptors (Lipinski definition) is 5. The predicted molar refractivity (Wildman–Crippen MR) is 122 cm³/mol. The van der Waals surface area contributed by atoms with Crippen LogP contribution in [0.3, 0.4) is 0 Å². The largest absolute Gasteiger partial charge is 0.493 e. The SMILES string of the molecule is CCN(CC)CCOc1ccc(CNC(=NC)NCc2sccc2C)cc1OC. The van der Waals surface area contributed by atoms with Crippen molar-refractivity contribution in [1.29, 1.82) is 0 Å². The van der Waals surface area contributed by atoms with Crippen molar-refractivity contribution in [3.05, 3.63) is 45.6 Å². The van der Waals surface area contributed by atoms with Crippen molar-refractivity contribution in [3.63, 3.8) is 0 Å². The maximum atomic E-state index is 5.93. The highest BCUT2D eigenvalue weighted by molar-refractivity contribution is 7.10. The number of likely N-dealkylation sites (N-methyl/N-ethyl adjacent to an activating group) is 1. The minimum atomic E-state index is 0.647. The summed E-state index contributed by atoms with van der Waals surface area (Å²) in [6.45, 7) is 11.5. The van der Waals surface area contributed by atoms with Crippen LogP contribution in [-0.4, -0.2) is 51.3 Å². The summed E-state index contributed by atoms with van der Waals surface area (Å²) in [6.07, 6.45) is 0. The number of aryl methyl sites for hydroxylation is 1. The summed E-state index contributed by atoms with van der Waals surface area (Å²) >= 11 is 1.76. The van der Waals surface area contributed by atoms with Crippen LogP contribution in [0.1, 0.15) is 29.9 Å². The zero-order valence-electron chi connectivity index (χ0n) is 18.2. The van der Waals surface area contributed by atoms with Gasteiger partial charge in [-0.1, -0.05) is 19.9 Å². The van der Waals surface area contributed by atoms with Gasteiger partial charge in [0.05, 0.1) is 13.7 Å². The van der Waals surface area contributed by atoms with E-state index < -0.39 is 0 Å². The Morgan fingerprint density at radius 2 is 1.86 bits per heavy atom. The van der Waals surface area contributed by atoms with E-state index in [9.17, 15) is 0 Å². The van der Waals surface area contributed by atoms with Gasteiger partial charge in [0, 0.05) is 25.0 Å². The highest BCUT2D eigenvalue weighted by Gasteiger charge is 2.08. The number of thiophene rings is 1. The first-order chi connectivity index (χ1) is 14.1. The molecule has 2 aromatic rings. The average Bonchev–Trinajstić information content (AvgIpc) is 3.16. The smallest absolute Gasteiger partial charge is 0.191 e. The zero-order chi connectivity index (χ0) is 21.1. The van der Waals surface area contributed by atoms with Gasteiger partial charge in [-0.05, 0) is 54.7 Å². The van der Waals surface area contributed by atoms with Crippen LogP contribution in [-0.2, 0) is 13.1 Å². The summed E-state index contributed by atoms with van der Waals surface area (Å²) < 4.78 is 11.5. The number of nitrogens with one attached hydrogen (secondary N) is 2. The van der Waals surface area contributed by atoms with E-state index in [0.717, 1.165) is 49.2 Å². The fraction of sp³-hybridized carbons (Fsp3) is 0.500. The van der Waals surface area contributed by atoms with Crippen LogP contribution in [0, 0.1) is 6.92 Å². The summed E-state index contributed by atoms with van der Waals surface area (Å²) in [5.74, 6) is 2.30. The summed E-state index contributed by atoms with van der Waals surface area (Å²) in [6, 6.07) is 8.18. The number of ether oxygens (including phenoxy) is 2. The highest BCUT2D eigenvalue weighted by atomic mass is 32.1. The Kier molecular flexibility index (Phi) is 9.80. The Labute approximate surface area is 178 Å². The van der Waals surface area contributed by atoms with Crippen molar-refractivity contribution >= 4 is 17.3 Å². The van der Waals surface area contributed by atoms with Crippen molar-refractivity contribution < 1.29 is 9.47 Å². The van der Waals surface area contributed by atoms with Gasteiger partial charge >= 0.3 is 0 Å². The molecule has 0 bridgehead atoms. The molecule has 0 aliphatic carbocycles. The molecule has 0 radical (unpaired) electrons. The third-order valence-electron chi connectivity index (χ3n) is 4.86. The van der Waals surface area contributed by atoms with Gasteiger partial charge in [0.15, 0.2) is 17.5 Å². The Balaban J connectivity index is 1.87. The topological polar surface area (TPSA) is 58.1 Å². The zero-order valence-corrected chi connectivity index (χ0v) is 19.1. The molecule has 7 heteroatoms. The van der Waals surface area contributed by atoms with Crippen molar-refractivity contribution in [2.24, 2.45) is 4.99 Å². The average molecular weight is 419 g/mol.